The van der Waals surface area contributed by atoms with E-state index < -0.39 is 0 Å². The second kappa shape index (κ2) is 6.55. The Morgan fingerprint density at radius 2 is 1.73 bits per heavy atom. The zero-order valence-electron chi connectivity index (χ0n) is 11.3. The molecule has 0 bridgehead atoms. The van der Waals surface area contributed by atoms with E-state index in [1.807, 2.05) is 0 Å². The van der Waals surface area contributed by atoms with Crippen LogP contribution in [0.2, 0.25) is 0 Å². The quantitative estimate of drug-likeness (QED) is 0.511. The third kappa shape index (κ3) is 5.04. The van der Waals surface area contributed by atoms with Crippen LogP contribution in [-0.4, -0.2) is 0 Å². The van der Waals surface area contributed by atoms with Crippen LogP contribution in [0, 0.1) is 23.7 Å². The molecule has 1 fully saturated rings. The maximum Gasteiger partial charge on any atom is -0.0380 e. The van der Waals surface area contributed by atoms with Crippen LogP contribution in [0.1, 0.15) is 72.6 Å². The van der Waals surface area contributed by atoms with E-state index in [1.54, 1.807) is 6.42 Å². The van der Waals surface area contributed by atoms with Crippen molar-refractivity contribution < 1.29 is 0 Å². The molecule has 0 aromatic heterocycles. The van der Waals surface area contributed by atoms with Gasteiger partial charge in [-0.25, -0.2) is 0 Å². The van der Waals surface area contributed by atoms with Crippen LogP contribution < -0.4 is 0 Å². The van der Waals surface area contributed by atoms with Crippen molar-refractivity contribution in [3.05, 3.63) is 0 Å². The van der Waals surface area contributed by atoms with Crippen LogP contribution in [0.3, 0.4) is 0 Å². The van der Waals surface area contributed by atoms with Gasteiger partial charge in [0, 0.05) is 0 Å². The lowest BCUT2D eigenvalue weighted by Crippen LogP contribution is -2.04. The second-order valence-corrected chi connectivity index (χ2v) is 6.01. The summed E-state index contributed by atoms with van der Waals surface area (Å²) in [5, 5.41) is 0. The van der Waals surface area contributed by atoms with Crippen LogP contribution in [0.25, 0.3) is 0 Å². The molecule has 0 N–H and O–H groups in total. The van der Waals surface area contributed by atoms with E-state index in [9.17, 15) is 0 Å². The summed E-state index contributed by atoms with van der Waals surface area (Å²) in [4.78, 5) is 0. The summed E-state index contributed by atoms with van der Waals surface area (Å²) < 4.78 is 0. The molecule has 0 aromatic rings. The first-order valence-corrected chi connectivity index (χ1v) is 7.17. The first-order chi connectivity index (χ1) is 7.17. The molecule has 0 heterocycles. The van der Waals surface area contributed by atoms with Gasteiger partial charge < -0.3 is 0 Å². The van der Waals surface area contributed by atoms with Gasteiger partial charge in [0.2, 0.25) is 0 Å². The lowest BCUT2D eigenvalue weighted by molar-refractivity contribution is 0.355. The highest BCUT2D eigenvalue weighted by atomic mass is 14.4. The van der Waals surface area contributed by atoms with Crippen molar-refractivity contribution in [1.29, 1.82) is 0 Å². The standard InChI is InChI=1S/C15H30/c1-5-7-12(3)9-13(4)10-15-11-14(15)8-6-2/h12-15H,5-11H2,1-4H3. The van der Waals surface area contributed by atoms with Crippen LogP contribution in [-0.2, 0) is 0 Å². The normalized spacial score (nSPS) is 28.8. The molecule has 1 rings (SSSR count). The fourth-order valence-corrected chi connectivity index (χ4v) is 3.23. The van der Waals surface area contributed by atoms with Crippen LogP contribution in [0.15, 0.2) is 0 Å². The van der Waals surface area contributed by atoms with Gasteiger partial charge in [0.1, 0.15) is 0 Å². The molecule has 0 saturated heterocycles. The van der Waals surface area contributed by atoms with Crippen molar-refractivity contribution >= 4 is 0 Å². The van der Waals surface area contributed by atoms with E-state index in [-0.39, 0.29) is 0 Å². The third-order valence-corrected chi connectivity index (χ3v) is 4.02. The van der Waals surface area contributed by atoms with Crippen molar-refractivity contribution in [2.75, 3.05) is 0 Å². The van der Waals surface area contributed by atoms with Gasteiger partial charge in [0.15, 0.2) is 0 Å². The largest absolute Gasteiger partial charge is 0.0654 e. The Morgan fingerprint density at radius 1 is 1.00 bits per heavy atom. The number of rotatable bonds is 8. The maximum absolute atomic E-state index is 2.47. The summed E-state index contributed by atoms with van der Waals surface area (Å²) in [6.07, 6.45) is 10.2. The van der Waals surface area contributed by atoms with Gasteiger partial charge in [-0.05, 0) is 42.9 Å². The van der Waals surface area contributed by atoms with Crippen molar-refractivity contribution in [3.63, 3.8) is 0 Å². The highest BCUT2D eigenvalue weighted by molar-refractivity contribution is 4.86. The van der Waals surface area contributed by atoms with Crippen molar-refractivity contribution in [2.24, 2.45) is 23.7 Å². The Bertz CT molecular complexity index is 161. The van der Waals surface area contributed by atoms with Crippen LogP contribution in [0.5, 0.6) is 0 Å². The summed E-state index contributed by atoms with van der Waals surface area (Å²) in [6.45, 7) is 9.52. The van der Waals surface area contributed by atoms with Gasteiger partial charge >= 0.3 is 0 Å². The van der Waals surface area contributed by atoms with E-state index in [4.69, 9.17) is 0 Å². The predicted octanol–water partition coefficient (Wildman–Crippen LogP) is 5.28. The number of hydrogen-bond donors (Lipinski definition) is 0. The molecule has 0 aliphatic heterocycles. The highest BCUT2D eigenvalue weighted by Gasteiger charge is 2.36. The second-order valence-electron chi connectivity index (χ2n) is 6.01. The van der Waals surface area contributed by atoms with E-state index in [0.717, 1.165) is 23.7 Å². The van der Waals surface area contributed by atoms with Crippen LogP contribution >= 0.6 is 0 Å². The van der Waals surface area contributed by atoms with E-state index in [1.165, 1.54) is 38.5 Å². The zero-order chi connectivity index (χ0) is 11.3. The first kappa shape index (κ1) is 13.1. The smallest absolute Gasteiger partial charge is 0.0380 e. The summed E-state index contributed by atoms with van der Waals surface area (Å²) in [5.74, 6) is 4.14. The molecular weight excluding hydrogens is 180 g/mol. The van der Waals surface area contributed by atoms with Crippen molar-refractivity contribution in [3.8, 4) is 0 Å². The number of hydrogen-bond acceptors (Lipinski definition) is 0. The molecule has 0 heteroatoms. The minimum atomic E-state index is 0.952. The molecule has 90 valence electrons. The molecule has 0 radical (unpaired) electrons. The molecule has 1 aliphatic rings. The van der Waals surface area contributed by atoms with Crippen LogP contribution in [0.4, 0.5) is 0 Å². The van der Waals surface area contributed by atoms with E-state index >= 15 is 0 Å². The monoisotopic (exact) mass is 210 g/mol. The average Bonchev–Trinajstić information content (AvgIpc) is 2.84. The van der Waals surface area contributed by atoms with Gasteiger partial charge in [0.05, 0.1) is 0 Å². The SMILES string of the molecule is CCCC(C)CC(C)CC1CC1CCC. The summed E-state index contributed by atoms with van der Waals surface area (Å²) >= 11 is 0. The molecular formula is C15H30. The minimum Gasteiger partial charge on any atom is -0.0654 e. The summed E-state index contributed by atoms with van der Waals surface area (Å²) in [6, 6.07) is 0. The molecule has 0 aromatic carbocycles. The van der Waals surface area contributed by atoms with Gasteiger partial charge in [-0.2, -0.15) is 0 Å². The topological polar surface area (TPSA) is 0 Å². The summed E-state index contributed by atoms with van der Waals surface area (Å²) in [7, 11) is 0. The highest BCUT2D eigenvalue weighted by Crippen LogP contribution is 2.46. The molecule has 4 atom stereocenters. The van der Waals surface area contributed by atoms with Gasteiger partial charge in [-0.15, -0.1) is 0 Å². The maximum atomic E-state index is 2.47. The molecule has 0 amide bonds. The molecule has 15 heavy (non-hydrogen) atoms. The molecule has 1 aliphatic carbocycles. The zero-order valence-corrected chi connectivity index (χ0v) is 11.3. The molecule has 1 saturated carbocycles. The van der Waals surface area contributed by atoms with Gasteiger partial charge in [-0.3, -0.25) is 0 Å². The Kier molecular flexibility index (Phi) is 5.71. The summed E-state index contributed by atoms with van der Waals surface area (Å²) in [5.41, 5.74) is 0. The Balaban J connectivity index is 2.06. The molecule has 4 unspecified atom stereocenters. The van der Waals surface area contributed by atoms with E-state index in [0.29, 0.717) is 0 Å². The fraction of sp³-hybridized carbons (Fsp3) is 1.00. The van der Waals surface area contributed by atoms with Crippen molar-refractivity contribution in [1.82, 2.24) is 0 Å². The lowest BCUT2D eigenvalue weighted by atomic mass is 9.90. The van der Waals surface area contributed by atoms with Crippen molar-refractivity contribution in [2.45, 2.75) is 72.6 Å². The van der Waals surface area contributed by atoms with Gasteiger partial charge in [0.25, 0.3) is 0 Å². The third-order valence-electron chi connectivity index (χ3n) is 4.02. The van der Waals surface area contributed by atoms with E-state index in [2.05, 4.69) is 27.7 Å². The van der Waals surface area contributed by atoms with Gasteiger partial charge in [-0.1, -0.05) is 53.4 Å². The molecule has 0 spiro atoms. The minimum absolute atomic E-state index is 0.952. The fourth-order valence-electron chi connectivity index (χ4n) is 3.23. The Hall–Kier alpha value is 0. The average molecular weight is 210 g/mol. The predicted molar refractivity (Wildman–Crippen MR) is 69.0 cm³/mol. The Morgan fingerprint density at radius 3 is 2.33 bits per heavy atom. The molecule has 0 nitrogen and oxygen atoms in total. The Labute approximate surface area is 96.8 Å². The lowest BCUT2D eigenvalue weighted by Gasteiger charge is -2.16. The first-order valence-electron chi connectivity index (χ1n) is 7.17.